The van der Waals surface area contributed by atoms with E-state index in [1.54, 1.807) is 11.8 Å². The number of esters is 1. The third-order valence-electron chi connectivity index (χ3n) is 2.48. The van der Waals surface area contributed by atoms with Crippen LogP contribution in [0.1, 0.15) is 19.0 Å². The van der Waals surface area contributed by atoms with Crippen LogP contribution in [0.5, 0.6) is 0 Å². The summed E-state index contributed by atoms with van der Waals surface area (Å²) in [4.78, 5) is 11.6. The van der Waals surface area contributed by atoms with E-state index in [9.17, 15) is 4.79 Å². The molecular weight excluding hydrogens is 250 g/mol. The molecule has 0 radical (unpaired) electrons. The molecule has 1 rings (SSSR count). The van der Waals surface area contributed by atoms with Gasteiger partial charge in [-0.25, -0.2) is 0 Å². The molecule has 1 aromatic rings. The topological polar surface area (TPSA) is 56.2 Å². The Labute approximate surface area is 112 Å². The zero-order chi connectivity index (χ0) is 13.5. The molecule has 18 heavy (non-hydrogen) atoms. The second-order valence-corrected chi connectivity index (χ2v) is 5.13. The van der Waals surface area contributed by atoms with Crippen molar-refractivity contribution in [3.63, 3.8) is 0 Å². The fourth-order valence-corrected chi connectivity index (χ4v) is 2.63. The van der Waals surface area contributed by atoms with Crippen molar-refractivity contribution in [3.8, 4) is 0 Å². The molecule has 0 bridgehead atoms. The van der Waals surface area contributed by atoms with Crippen molar-refractivity contribution in [1.29, 1.82) is 0 Å². The van der Waals surface area contributed by atoms with Crippen LogP contribution >= 0.6 is 11.8 Å². The Morgan fingerprint density at radius 1 is 1.67 bits per heavy atom. The summed E-state index contributed by atoms with van der Waals surface area (Å²) in [5.74, 6) is 0.431. The Hall–Kier alpha value is -1.01. The van der Waals surface area contributed by atoms with Gasteiger partial charge in [-0.2, -0.15) is 5.10 Å². The molecule has 0 spiro atoms. The molecule has 102 valence electrons. The summed E-state index contributed by atoms with van der Waals surface area (Å²) in [6.07, 6.45) is 0.989. The van der Waals surface area contributed by atoms with E-state index in [4.69, 9.17) is 4.74 Å². The Morgan fingerprint density at radius 3 is 2.89 bits per heavy atom. The smallest absolute Gasteiger partial charge is 0.323 e. The maximum Gasteiger partial charge on any atom is 0.323 e. The number of rotatable bonds is 7. The Kier molecular flexibility index (Phi) is 6.21. The zero-order valence-corrected chi connectivity index (χ0v) is 12.2. The molecule has 0 aromatic carbocycles. The van der Waals surface area contributed by atoms with E-state index < -0.39 is 0 Å². The van der Waals surface area contributed by atoms with Gasteiger partial charge in [-0.05, 0) is 26.0 Å². The molecule has 0 fully saturated rings. The lowest BCUT2D eigenvalue weighted by Crippen LogP contribution is -2.40. The van der Waals surface area contributed by atoms with Gasteiger partial charge >= 0.3 is 5.97 Å². The first-order chi connectivity index (χ1) is 8.58. The van der Waals surface area contributed by atoms with Gasteiger partial charge in [0.25, 0.3) is 0 Å². The maximum absolute atomic E-state index is 11.6. The maximum atomic E-state index is 11.6. The van der Waals surface area contributed by atoms with Crippen molar-refractivity contribution in [2.45, 2.75) is 31.3 Å². The van der Waals surface area contributed by atoms with Crippen molar-refractivity contribution in [3.05, 3.63) is 11.8 Å². The SMILES string of the molecule is CCCNC(CSc1cc(C)nn1C)C(=O)OC. The van der Waals surface area contributed by atoms with Crippen LogP contribution in [0.2, 0.25) is 0 Å². The molecule has 0 aliphatic rings. The number of thioether (sulfide) groups is 1. The minimum atomic E-state index is -0.268. The van der Waals surface area contributed by atoms with Gasteiger partial charge < -0.3 is 10.1 Å². The van der Waals surface area contributed by atoms with Crippen molar-refractivity contribution in [2.75, 3.05) is 19.4 Å². The number of ether oxygens (including phenoxy) is 1. The fourth-order valence-electron chi connectivity index (χ4n) is 1.56. The molecule has 1 aromatic heterocycles. The minimum absolute atomic E-state index is 0.213. The third-order valence-corrected chi connectivity index (χ3v) is 3.66. The molecule has 0 aliphatic heterocycles. The summed E-state index contributed by atoms with van der Waals surface area (Å²) in [6.45, 7) is 4.83. The number of hydrogen-bond acceptors (Lipinski definition) is 5. The summed E-state index contributed by atoms with van der Waals surface area (Å²) in [7, 11) is 3.32. The molecule has 0 aliphatic carbocycles. The highest BCUT2D eigenvalue weighted by Gasteiger charge is 2.19. The van der Waals surface area contributed by atoms with Crippen LogP contribution in [0.25, 0.3) is 0 Å². The highest BCUT2D eigenvalue weighted by molar-refractivity contribution is 7.99. The Bertz CT molecular complexity index is 393. The molecule has 1 atom stereocenters. The van der Waals surface area contributed by atoms with E-state index in [2.05, 4.69) is 17.3 Å². The van der Waals surface area contributed by atoms with E-state index in [-0.39, 0.29) is 12.0 Å². The molecule has 1 N–H and O–H groups in total. The molecule has 0 amide bonds. The largest absolute Gasteiger partial charge is 0.468 e. The van der Waals surface area contributed by atoms with Gasteiger partial charge in [0.15, 0.2) is 0 Å². The minimum Gasteiger partial charge on any atom is -0.468 e. The summed E-state index contributed by atoms with van der Waals surface area (Å²) in [6, 6.07) is 1.74. The van der Waals surface area contributed by atoms with Gasteiger partial charge in [-0.15, -0.1) is 11.8 Å². The van der Waals surface area contributed by atoms with Gasteiger partial charge in [-0.3, -0.25) is 9.48 Å². The standard InChI is InChI=1S/C12H21N3O2S/c1-5-6-13-10(12(16)17-4)8-18-11-7-9(2)14-15(11)3/h7,10,13H,5-6,8H2,1-4H3. The predicted octanol–water partition coefficient (Wildman–Crippen LogP) is 1.36. The number of aryl methyl sites for hydroxylation is 2. The first-order valence-corrected chi connectivity index (χ1v) is 7.01. The highest BCUT2D eigenvalue weighted by atomic mass is 32.2. The van der Waals surface area contributed by atoms with Crippen molar-refractivity contribution in [2.24, 2.45) is 7.05 Å². The second kappa shape index (κ2) is 7.43. The second-order valence-electron chi connectivity index (χ2n) is 4.09. The van der Waals surface area contributed by atoms with E-state index >= 15 is 0 Å². The summed E-state index contributed by atoms with van der Waals surface area (Å²) in [5.41, 5.74) is 0.983. The number of carbonyl (C=O) groups is 1. The number of methoxy groups -OCH3 is 1. The van der Waals surface area contributed by atoms with Gasteiger partial charge in [-0.1, -0.05) is 6.92 Å². The van der Waals surface area contributed by atoms with E-state index in [0.29, 0.717) is 5.75 Å². The molecule has 1 heterocycles. The van der Waals surface area contributed by atoms with Crippen LogP contribution in [0.3, 0.4) is 0 Å². The van der Waals surface area contributed by atoms with Gasteiger partial charge in [0.2, 0.25) is 0 Å². The first kappa shape index (κ1) is 15.0. The molecule has 6 heteroatoms. The molecular formula is C12H21N3O2S. The molecule has 0 saturated heterocycles. The molecule has 5 nitrogen and oxygen atoms in total. The van der Waals surface area contributed by atoms with Crippen molar-refractivity contribution in [1.82, 2.24) is 15.1 Å². The van der Waals surface area contributed by atoms with Gasteiger partial charge in [0, 0.05) is 12.8 Å². The monoisotopic (exact) mass is 271 g/mol. The molecule has 0 saturated carbocycles. The van der Waals surface area contributed by atoms with Crippen LogP contribution in [-0.2, 0) is 16.6 Å². The lowest BCUT2D eigenvalue weighted by Gasteiger charge is -2.15. The summed E-state index contributed by atoms with van der Waals surface area (Å²) < 4.78 is 6.62. The van der Waals surface area contributed by atoms with Crippen molar-refractivity contribution < 1.29 is 9.53 Å². The predicted molar refractivity (Wildman–Crippen MR) is 72.8 cm³/mol. The Morgan fingerprint density at radius 2 is 2.39 bits per heavy atom. The average molecular weight is 271 g/mol. The van der Waals surface area contributed by atoms with Crippen LogP contribution in [-0.4, -0.2) is 41.2 Å². The third kappa shape index (κ3) is 4.34. The number of carbonyl (C=O) groups excluding carboxylic acids is 1. The van der Waals surface area contributed by atoms with E-state index in [1.165, 1.54) is 7.11 Å². The van der Waals surface area contributed by atoms with Crippen LogP contribution in [0, 0.1) is 6.92 Å². The Balaban J connectivity index is 2.55. The van der Waals surface area contributed by atoms with Gasteiger partial charge in [0.1, 0.15) is 6.04 Å². The number of hydrogen-bond donors (Lipinski definition) is 1. The number of nitrogens with one attached hydrogen (secondary N) is 1. The van der Waals surface area contributed by atoms with E-state index in [0.717, 1.165) is 23.7 Å². The number of aromatic nitrogens is 2. The number of nitrogens with zero attached hydrogens (tertiary/aromatic N) is 2. The van der Waals surface area contributed by atoms with Crippen LogP contribution in [0.15, 0.2) is 11.1 Å². The molecule has 1 unspecified atom stereocenters. The quantitative estimate of drug-likeness (QED) is 0.599. The lowest BCUT2D eigenvalue weighted by atomic mass is 10.3. The zero-order valence-electron chi connectivity index (χ0n) is 11.4. The first-order valence-electron chi connectivity index (χ1n) is 6.03. The highest BCUT2D eigenvalue weighted by Crippen LogP contribution is 2.19. The normalized spacial score (nSPS) is 12.4. The van der Waals surface area contributed by atoms with Crippen LogP contribution in [0.4, 0.5) is 0 Å². The average Bonchev–Trinajstić information content (AvgIpc) is 2.67. The van der Waals surface area contributed by atoms with Crippen molar-refractivity contribution >= 4 is 17.7 Å². The van der Waals surface area contributed by atoms with E-state index in [1.807, 2.05) is 24.7 Å². The fraction of sp³-hybridized carbons (Fsp3) is 0.667. The summed E-state index contributed by atoms with van der Waals surface area (Å²) >= 11 is 1.61. The van der Waals surface area contributed by atoms with Crippen LogP contribution < -0.4 is 5.32 Å². The van der Waals surface area contributed by atoms with Gasteiger partial charge in [0.05, 0.1) is 17.8 Å². The summed E-state index contributed by atoms with van der Waals surface area (Å²) in [5, 5.41) is 8.52. The lowest BCUT2D eigenvalue weighted by molar-refractivity contribution is -0.142.